The van der Waals surface area contributed by atoms with Crippen LogP contribution in [0.1, 0.15) is 49.1 Å². The van der Waals surface area contributed by atoms with E-state index < -0.39 is 5.91 Å². The fourth-order valence-electron chi connectivity index (χ4n) is 2.49. The summed E-state index contributed by atoms with van der Waals surface area (Å²) in [6.45, 7) is 0. The molecule has 0 unspecified atom stereocenters. The summed E-state index contributed by atoms with van der Waals surface area (Å²) in [4.78, 5) is 10.6. The summed E-state index contributed by atoms with van der Waals surface area (Å²) in [6.07, 6.45) is 9.88. The van der Waals surface area contributed by atoms with Gasteiger partial charge in [0, 0.05) is 6.08 Å². The first-order valence-electron chi connectivity index (χ1n) is 6.33. The van der Waals surface area contributed by atoms with Gasteiger partial charge < -0.3 is 5.73 Å². The van der Waals surface area contributed by atoms with Crippen LogP contribution in [0.4, 0.5) is 0 Å². The van der Waals surface area contributed by atoms with Gasteiger partial charge in [0.1, 0.15) is 0 Å². The van der Waals surface area contributed by atoms with Crippen LogP contribution in [-0.4, -0.2) is 5.91 Å². The number of benzene rings is 1. The molecule has 1 saturated carbocycles. The van der Waals surface area contributed by atoms with Gasteiger partial charge >= 0.3 is 0 Å². The van der Waals surface area contributed by atoms with E-state index in [1.54, 1.807) is 6.08 Å². The third-order valence-corrected chi connectivity index (χ3v) is 3.45. The highest BCUT2D eigenvalue weighted by Crippen LogP contribution is 2.32. The molecular formula is C15H19NO. The zero-order valence-corrected chi connectivity index (χ0v) is 10.1. The Labute approximate surface area is 103 Å². The summed E-state index contributed by atoms with van der Waals surface area (Å²) in [7, 11) is 0. The molecule has 1 aromatic rings. The Kier molecular flexibility index (Phi) is 3.97. The average Bonchev–Trinajstić information content (AvgIpc) is 2.38. The minimum absolute atomic E-state index is 0.402. The maximum Gasteiger partial charge on any atom is 0.241 e. The number of amides is 1. The Hall–Kier alpha value is -1.57. The van der Waals surface area contributed by atoms with Crippen molar-refractivity contribution in [2.45, 2.75) is 38.0 Å². The molecule has 1 fully saturated rings. The average molecular weight is 229 g/mol. The lowest BCUT2D eigenvalue weighted by Crippen LogP contribution is -2.05. The molecule has 0 saturated heterocycles. The molecule has 0 heterocycles. The number of rotatable bonds is 3. The van der Waals surface area contributed by atoms with Gasteiger partial charge in [-0.1, -0.05) is 43.5 Å². The number of carbonyl (C=O) groups excluding carboxylic acids is 1. The quantitative estimate of drug-likeness (QED) is 0.794. The van der Waals surface area contributed by atoms with Gasteiger partial charge in [0.25, 0.3) is 0 Å². The summed E-state index contributed by atoms with van der Waals surface area (Å²) in [5, 5.41) is 0. The predicted octanol–water partition coefficient (Wildman–Crippen LogP) is 3.23. The highest BCUT2D eigenvalue weighted by Gasteiger charge is 2.14. The third kappa shape index (κ3) is 3.45. The van der Waals surface area contributed by atoms with Gasteiger partial charge in [-0.2, -0.15) is 0 Å². The molecule has 0 atom stereocenters. The van der Waals surface area contributed by atoms with Crippen molar-refractivity contribution in [3.63, 3.8) is 0 Å². The topological polar surface area (TPSA) is 43.1 Å². The summed E-state index contributed by atoms with van der Waals surface area (Å²) in [5.41, 5.74) is 7.52. The highest BCUT2D eigenvalue weighted by atomic mass is 16.1. The Morgan fingerprint density at radius 3 is 2.35 bits per heavy atom. The van der Waals surface area contributed by atoms with Crippen LogP contribution in [0.25, 0.3) is 6.08 Å². The van der Waals surface area contributed by atoms with Crippen LogP contribution in [0.5, 0.6) is 0 Å². The van der Waals surface area contributed by atoms with Crippen molar-refractivity contribution in [1.29, 1.82) is 0 Å². The molecule has 0 aromatic heterocycles. The van der Waals surface area contributed by atoms with E-state index in [4.69, 9.17) is 5.73 Å². The molecule has 0 aliphatic heterocycles. The monoisotopic (exact) mass is 229 g/mol. The van der Waals surface area contributed by atoms with E-state index in [0.717, 1.165) is 11.5 Å². The van der Waals surface area contributed by atoms with Crippen molar-refractivity contribution < 1.29 is 4.79 Å². The normalized spacial score (nSPS) is 17.4. The molecule has 1 amide bonds. The van der Waals surface area contributed by atoms with Crippen LogP contribution in [-0.2, 0) is 4.79 Å². The lowest BCUT2D eigenvalue weighted by atomic mass is 9.84. The van der Waals surface area contributed by atoms with E-state index in [-0.39, 0.29) is 0 Å². The molecule has 1 aliphatic carbocycles. The smallest absolute Gasteiger partial charge is 0.241 e. The molecule has 0 spiro atoms. The van der Waals surface area contributed by atoms with Crippen molar-refractivity contribution in [2.24, 2.45) is 5.73 Å². The Morgan fingerprint density at radius 2 is 1.76 bits per heavy atom. The third-order valence-electron chi connectivity index (χ3n) is 3.45. The van der Waals surface area contributed by atoms with Crippen LogP contribution < -0.4 is 5.73 Å². The van der Waals surface area contributed by atoms with Crippen molar-refractivity contribution in [3.05, 3.63) is 41.5 Å². The first-order valence-corrected chi connectivity index (χ1v) is 6.33. The van der Waals surface area contributed by atoms with Crippen molar-refractivity contribution in [1.82, 2.24) is 0 Å². The molecule has 0 bridgehead atoms. The van der Waals surface area contributed by atoms with Gasteiger partial charge in [-0.05, 0) is 36.0 Å². The predicted molar refractivity (Wildman–Crippen MR) is 70.5 cm³/mol. The molecule has 17 heavy (non-hydrogen) atoms. The maximum atomic E-state index is 10.6. The summed E-state index contributed by atoms with van der Waals surface area (Å²) >= 11 is 0. The van der Waals surface area contributed by atoms with E-state index in [1.807, 2.05) is 0 Å². The molecule has 2 nitrogen and oxygen atoms in total. The van der Waals surface area contributed by atoms with Crippen LogP contribution in [0.15, 0.2) is 30.3 Å². The fourth-order valence-corrected chi connectivity index (χ4v) is 2.49. The van der Waals surface area contributed by atoms with Crippen molar-refractivity contribution >= 4 is 12.0 Å². The molecule has 2 N–H and O–H groups in total. The number of hydrogen-bond acceptors (Lipinski definition) is 1. The number of nitrogens with two attached hydrogens (primary N) is 1. The highest BCUT2D eigenvalue weighted by molar-refractivity contribution is 5.90. The zero-order chi connectivity index (χ0) is 12.1. The standard InChI is InChI=1S/C15H19NO/c16-15(17)11-8-12-6-9-14(10-7-12)13-4-2-1-3-5-13/h6-11,13H,1-5H2,(H2,16,17)/b11-8+. The lowest BCUT2D eigenvalue weighted by molar-refractivity contribution is -0.113. The minimum atomic E-state index is -0.402. The second-order valence-corrected chi connectivity index (χ2v) is 4.74. The maximum absolute atomic E-state index is 10.6. The zero-order valence-electron chi connectivity index (χ0n) is 10.1. The van der Waals surface area contributed by atoms with E-state index in [9.17, 15) is 4.79 Å². The van der Waals surface area contributed by atoms with E-state index >= 15 is 0 Å². The Bertz CT molecular complexity index is 399. The molecular weight excluding hydrogens is 210 g/mol. The van der Waals surface area contributed by atoms with Crippen molar-refractivity contribution in [2.75, 3.05) is 0 Å². The summed E-state index contributed by atoms with van der Waals surface area (Å²) in [6, 6.07) is 8.47. The van der Waals surface area contributed by atoms with E-state index in [1.165, 1.54) is 43.7 Å². The van der Waals surface area contributed by atoms with E-state index in [0.29, 0.717) is 0 Å². The van der Waals surface area contributed by atoms with Crippen LogP contribution in [0.2, 0.25) is 0 Å². The largest absolute Gasteiger partial charge is 0.366 e. The van der Waals surface area contributed by atoms with Gasteiger partial charge in [-0.15, -0.1) is 0 Å². The van der Waals surface area contributed by atoms with Crippen LogP contribution >= 0.6 is 0 Å². The number of primary amides is 1. The fraction of sp³-hybridized carbons (Fsp3) is 0.400. The van der Waals surface area contributed by atoms with Gasteiger partial charge in [0.2, 0.25) is 5.91 Å². The number of carbonyl (C=O) groups is 1. The molecule has 90 valence electrons. The SMILES string of the molecule is NC(=O)/C=C/c1ccc(C2CCCCC2)cc1. The molecule has 2 heteroatoms. The van der Waals surface area contributed by atoms with Crippen LogP contribution in [0, 0.1) is 0 Å². The summed E-state index contributed by atoms with van der Waals surface area (Å²) in [5.74, 6) is 0.333. The summed E-state index contributed by atoms with van der Waals surface area (Å²) < 4.78 is 0. The molecule has 1 aromatic carbocycles. The number of hydrogen-bond donors (Lipinski definition) is 1. The first kappa shape index (κ1) is 11.9. The van der Waals surface area contributed by atoms with Gasteiger partial charge in [0.15, 0.2) is 0 Å². The first-order chi connectivity index (χ1) is 8.25. The van der Waals surface area contributed by atoms with E-state index in [2.05, 4.69) is 24.3 Å². The Balaban J connectivity index is 2.04. The second kappa shape index (κ2) is 5.67. The van der Waals surface area contributed by atoms with Gasteiger partial charge in [0.05, 0.1) is 0 Å². The minimum Gasteiger partial charge on any atom is -0.366 e. The van der Waals surface area contributed by atoms with Crippen molar-refractivity contribution in [3.8, 4) is 0 Å². The lowest BCUT2D eigenvalue weighted by Gasteiger charge is -2.21. The molecule has 2 rings (SSSR count). The Morgan fingerprint density at radius 1 is 1.12 bits per heavy atom. The molecule has 1 aliphatic rings. The molecule has 0 radical (unpaired) electrons. The van der Waals surface area contributed by atoms with Gasteiger partial charge in [-0.3, -0.25) is 4.79 Å². The van der Waals surface area contributed by atoms with Crippen LogP contribution in [0.3, 0.4) is 0 Å². The second-order valence-electron chi connectivity index (χ2n) is 4.74. The van der Waals surface area contributed by atoms with Gasteiger partial charge in [-0.25, -0.2) is 0 Å².